The Bertz CT molecular complexity index is 1030. The summed E-state index contributed by atoms with van der Waals surface area (Å²) in [4.78, 5) is 24.4. The van der Waals surface area contributed by atoms with E-state index in [1.807, 2.05) is 0 Å². The summed E-state index contributed by atoms with van der Waals surface area (Å²) >= 11 is 0. The molecule has 25 heavy (non-hydrogen) atoms. The van der Waals surface area contributed by atoms with Gasteiger partial charge in [0.05, 0.1) is 10.9 Å². The standard InChI is InChI=1S/C17H11F3N2O3/c1-22-15(23)13-8-3-2-7-12(13)14(21-22)16(24)25-11-6-4-5-10(9-11)17(18,19)20/h2-9H,1H3. The molecule has 0 saturated heterocycles. The first kappa shape index (κ1) is 16.7. The third-order valence-electron chi connectivity index (χ3n) is 3.52. The number of halogens is 3. The Morgan fingerprint density at radius 1 is 1.08 bits per heavy atom. The molecule has 0 saturated carbocycles. The Morgan fingerprint density at radius 2 is 1.76 bits per heavy atom. The number of nitrogens with zero attached hydrogens (tertiary/aromatic N) is 2. The van der Waals surface area contributed by atoms with E-state index < -0.39 is 23.3 Å². The van der Waals surface area contributed by atoms with Gasteiger partial charge in [-0.25, -0.2) is 9.48 Å². The number of hydrogen-bond acceptors (Lipinski definition) is 4. The highest BCUT2D eigenvalue weighted by atomic mass is 19.4. The van der Waals surface area contributed by atoms with Gasteiger partial charge in [-0.05, 0) is 24.3 Å². The second-order valence-corrected chi connectivity index (χ2v) is 5.24. The SMILES string of the molecule is Cn1nc(C(=O)Oc2cccc(C(F)(F)F)c2)c2ccccc2c1=O. The Balaban J connectivity index is 2.02. The first-order chi connectivity index (χ1) is 11.8. The number of esters is 1. The predicted molar refractivity (Wildman–Crippen MR) is 83.4 cm³/mol. The number of aryl methyl sites for hydroxylation is 1. The minimum Gasteiger partial charge on any atom is -0.422 e. The Morgan fingerprint density at radius 3 is 2.44 bits per heavy atom. The van der Waals surface area contributed by atoms with Crippen LogP contribution in [-0.4, -0.2) is 15.7 Å². The van der Waals surface area contributed by atoms with E-state index in [2.05, 4.69) is 5.10 Å². The van der Waals surface area contributed by atoms with Crippen LogP contribution in [-0.2, 0) is 13.2 Å². The fourth-order valence-electron chi connectivity index (χ4n) is 2.34. The lowest BCUT2D eigenvalue weighted by Gasteiger charge is -2.10. The molecule has 1 aromatic heterocycles. The van der Waals surface area contributed by atoms with Crippen molar-refractivity contribution in [1.29, 1.82) is 0 Å². The molecule has 8 heteroatoms. The van der Waals surface area contributed by atoms with Crippen molar-refractivity contribution in [3.8, 4) is 5.75 Å². The lowest BCUT2D eigenvalue weighted by atomic mass is 10.1. The number of ether oxygens (including phenoxy) is 1. The molecule has 2 aromatic carbocycles. The molecule has 5 nitrogen and oxygen atoms in total. The highest BCUT2D eigenvalue weighted by molar-refractivity contribution is 6.02. The number of benzene rings is 2. The van der Waals surface area contributed by atoms with Gasteiger partial charge in [0.15, 0.2) is 5.69 Å². The Labute approximate surface area is 139 Å². The molecule has 1 heterocycles. The molecule has 128 valence electrons. The fraction of sp³-hybridized carbons (Fsp3) is 0.118. The number of rotatable bonds is 2. The van der Waals surface area contributed by atoms with Crippen LogP contribution in [0.4, 0.5) is 13.2 Å². The number of alkyl halides is 3. The van der Waals surface area contributed by atoms with Gasteiger partial charge in [-0.15, -0.1) is 0 Å². The predicted octanol–water partition coefficient (Wildman–Crippen LogP) is 3.17. The Kier molecular flexibility index (Phi) is 4.03. The van der Waals surface area contributed by atoms with E-state index >= 15 is 0 Å². The summed E-state index contributed by atoms with van der Waals surface area (Å²) in [7, 11) is 1.37. The molecule has 0 unspecified atom stereocenters. The maximum Gasteiger partial charge on any atom is 0.416 e. The van der Waals surface area contributed by atoms with Crippen molar-refractivity contribution in [3.63, 3.8) is 0 Å². The van der Waals surface area contributed by atoms with Gasteiger partial charge >= 0.3 is 12.1 Å². The van der Waals surface area contributed by atoms with E-state index in [0.717, 1.165) is 22.9 Å². The van der Waals surface area contributed by atoms with Gasteiger partial charge in [0.1, 0.15) is 5.75 Å². The lowest BCUT2D eigenvalue weighted by molar-refractivity contribution is -0.137. The van der Waals surface area contributed by atoms with Crippen LogP contribution < -0.4 is 10.3 Å². The minimum atomic E-state index is -4.55. The van der Waals surface area contributed by atoms with E-state index in [1.54, 1.807) is 12.1 Å². The van der Waals surface area contributed by atoms with Crippen LogP contribution in [0.15, 0.2) is 53.3 Å². The van der Waals surface area contributed by atoms with Crippen molar-refractivity contribution >= 4 is 16.7 Å². The zero-order valence-electron chi connectivity index (χ0n) is 12.9. The van der Waals surface area contributed by atoms with E-state index in [9.17, 15) is 22.8 Å². The number of hydrogen-bond donors (Lipinski definition) is 0. The molecule has 0 aliphatic carbocycles. The van der Waals surface area contributed by atoms with Gasteiger partial charge in [0, 0.05) is 12.4 Å². The van der Waals surface area contributed by atoms with Gasteiger partial charge < -0.3 is 4.74 Å². The molecule has 0 amide bonds. The molecule has 0 aliphatic rings. The van der Waals surface area contributed by atoms with E-state index in [-0.39, 0.29) is 22.2 Å². The first-order valence-corrected chi connectivity index (χ1v) is 7.13. The Hall–Kier alpha value is -3.16. The molecular formula is C17H11F3N2O3. The van der Waals surface area contributed by atoms with E-state index in [4.69, 9.17) is 4.74 Å². The third kappa shape index (κ3) is 3.23. The number of carbonyl (C=O) groups is 1. The van der Waals surface area contributed by atoms with Gasteiger partial charge in [0.25, 0.3) is 5.56 Å². The smallest absolute Gasteiger partial charge is 0.416 e. The van der Waals surface area contributed by atoms with Crippen LogP contribution >= 0.6 is 0 Å². The zero-order valence-corrected chi connectivity index (χ0v) is 12.9. The van der Waals surface area contributed by atoms with Crippen molar-refractivity contribution in [3.05, 3.63) is 70.1 Å². The van der Waals surface area contributed by atoms with Crippen LogP contribution in [0.2, 0.25) is 0 Å². The molecule has 0 radical (unpaired) electrons. The molecule has 0 atom stereocenters. The maximum atomic E-state index is 12.7. The molecule has 0 bridgehead atoms. The summed E-state index contributed by atoms with van der Waals surface area (Å²) in [6, 6.07) is 10.3. The molecule has 0 aliphatic heterocycles. The van der Waals surface area contributed by atoms with Gasteiger partial charge in [-0.3, -0.25) is 4.79 Å². The average molecular weight is 348 g/mol. The first-order valence-electron chi connectivity index (χ1n) is 7.13. The van der Waals surface area contributed by atoms with Crippen molar-refractivity contribution in [1.82, 2.24) is 9.78 Å². The molecule has 0 spiro atoms. The van der Waals surface area contributed by atoms with Crippen LogP contribution in [0.3, 0.4) is 0 Å². The monoisotopic (exact) mass is 348 g/mol. The summed E-state index contributed by atoms with van der Waals surface area (Å²) in [6.07, 6.45) is -4.55. The van der Waals surface area contributed by atoms with Gasteiger partial charge in [0.2, 0.25) is 0 Å². The normalized spacial score (nSPS) is 11.5. The highest BCUT2D eigenvalue weighted by Gasteiger charge is 2.31. The van der Waals surface area contributed by atoms with Gasteiger partial charge in [-0.2, -0.15) is 18.3 Å². The molecule has 3 rings (SSSR count). The van der Waals surface area contributed by atoms with E-state index in [0.29, 0.717) is 0 Å². The topological polar surface area (TPSA) is 61.2 Å². The van der Waals surface area contributed by atoms with E-state index in [1.165, 1.54) is 25.2 Å². The third-order valence-corrected chi connectivity index (χ3v) is 3.52. The fourth-order valence-corrected chi connectivity index (χ4v) is 2.34. The van der Waals surface area contributed by atoms with Crippen LogP contribution in [0, 0.1) is 0 Å². The van der Waals surface area contributed by atoms with Crippen LogP contribution in [0.5, 0.6) is 5.75 Å². The molecule has 0 fully saturated rings. The quantitative estimate of drug-likeness (QED) is 0.527. The van der Waals surface area contributed by atoms with Crippen molar-refractivity contribution in [2.75, 3.05) is 0 Å². The van der Waals surface area contributed by atoms with Crippen LogP contribution in [0.25, 0.3) is 10.8 Å². The highest BCUT2D eigenvalue weighted by Crippen LogP contribution is 2.31. The van der Waals surface area contributed by atoms with Crippen molar-refractivity contribution in [2.24, 2.45) is 7.05 Å². The second-order valence-electron chi connectivity index (χ2n) is 5.24. The maximum absolute atomic E-state index is 12.7. The lowest BCUT2D eigenvalue weighted by Crippen LogP contribution is -2.24. The van der Waals surface area contributed by atoms with Crippen LogP contribution in [0.1, 0.15) is 16.1 Å². The molecule has 3 aromatic rings. The number of aromatic nitrogens is 2. The summed E-state index contributed by atoms with van der Waals surface area (Å²) in [5.74, 6) is -1.22. The zero-order chi connectivity index (χ0) is 18.2. The van der Waals surface area contributed by atoms with Crippen molar-refractivity contribution < 1.29 is 22.7 Å². The molecular weight excluding hydrogens is 337 g/mol. The summed E-state index contributed by atoms with van der Waals surface area (Å²) in [6.45, 7) is 0. The summed E-state index contributed by atoms with van der Waals surface area (Å²) < 4.78 is 44.2. The number of carbonyl (C=O) groups excluding carboxylic acids is 1. The van der Waals surface area contributed by atoms with Gasteiger partial charge in [-0.1, -0.05) is 24.3 Å². The summed E-state index contributed by atoms with van der Waals surface area (Å²) in [5.41, 5.74) is -1.49. The minimum absolute atomic E-state index is 0.157. The van der Waals surface area contributed by atoms with Crippen molar-refractivity contribution in [2.45, 2.75) is 6.18 Å². The molecule has 0 N–H and O–H groups in total. The average Bonchev–Trinajstić information content (AvgIpc) is 2.57. The summed E-state index contributed by atoms with van der Waals surface area (Å²) in [5, 5.41) is 4.40. The number of fused-ring (bicyclic) bond motifs is 1. The second kappa shape index (κ2) is 6.04. The largest absolute Gasteiger partial charge is 0.422 e.